The first-order valence-electron chi connectivity index (χ1n) is 13.4. The Hall–Kier alpha value is -5.48. The highest BCUT2D eigenvalue weighted by Crippen LogP contribution is 2.39. The standard InChI is InChI=1S/C36H24N4/c1-2-10-30(11-3-1)39-19-16-25-14-15-33-32-12-4-5-13-34(32)40(36(33)35(25)39)31-21-28(26-8-6-17-37-23-26)20-29(22-31)27-9-7-18-38-24-27/h1-24H. The van der Waals surface area contributed by atoms with E-state index < -0.39 is 0 Å². The molecule has 4 nitrogen and oxygen atoms in total. The van der Waals surface area contributed by atoms with Crippen molar-refractivity contribution in [3.8, 4) is 33.6 Å². The Bertz CT molecular complexity index is 2080. The summed E-state index contributed by atoms with van der Waals surface area (Å²) in [5.41, 5.74) is 10.2. The van der Waals surface area contributed by atoms with Crippen LogP contribution in [0.5, 0.6) is 0 Å². The lowest BCUT2D eigenvalue weighted by molar-refractivity contribution is 1.12. The fraction of sp³-hybridized carbons (Fsp3) is 0. The van der Waals surface area contributed by atoms with Crippen LogP contribution in [0.1, 0.15) is 0 Å². The van der Waals surface area contributed by atoms with Crippen molar-refractivity contribution in [2.75, 3.05) is 0 Å². The molecular formula is C36H24N4. The highest BCUT2D eigenvalue weighted by Gasteiger charge is 2.19. The molecule has 0 radical (unpaired) electrons. The van der Waals surface area contributed by atoms with Gasteiger partial charge in [0.05, 0.1) is 16.6 Å². The quantitative estimate of drug-likeness (QED) is 0.236. The molecule has 0 aliphatic heterocycles. The summed E-state index contributed by atoms with van der Waals surface area (Å²) in [7, 11) is 0. The summed E-state index contributed by atoms with van der Waals surface area (Å²) < 4.78 is 4.73. The molecule has 4 aromatic heterocycles. The van der Waals surface area contributed by atoms with Gasteiger partial charge >= 0.3 is 0 Å². The number of fused-ring (bicyclic) bond motifs is 5. The van der Waals surface area contributed by atoms with Crippen LogP contribution in [0.25, 0.3) is 66.3 Å². The van der Waals surface area contributed by atoms with Crippen LogP contribution >= 0.6 is 0 Å². The molecule has 0 fully saturated rings. The maximum absolute atomic E-state index is 4.41. The molecule has 0 amide bonds. The second-order valence-electron chi connectivity index (χ2n) is 10.0. The van der Waals surface area contributed by atoms with Gasteiger partial charge in [-0.25, -0.2) is 0 Å². The molecule has 188 valence electrons. The highest BCUT2D eigenvalue weighted by atomic mass is 15.0. The SMILES string of the molecule is c1ccc(-n2ccc3ccc4c5ccccc5n(-c5cc(-c6cccnc6)cc(-c6cccnc6)c5)c4c32)cc1. The molecule has 0 atom stereocenters. The number of rotatable bonds is 4. The van der Waals surface area contributed by atoms with Gasteiger partial charge in [-0.3, -0.25) is 9.97 Å². The van der Waals surface area contributed by atoms with Gasteiger partial charge < -0.3 is 9.13 Å². The second kappa shape index (κ2) is 9.07. The first-order chi connectivity index (χ1) is 19.8. The molecule has 4 heterocycles. The van der Waals surface area contributed by atoms with Crippen LogP contribution in [0.3, 0.4) is 0 Å². The summed E-state index contributed by atoms with van der Waals surface area (Å²) in [4.78, 5) is 8.82. The third-order valence-corrected chi connectivity index (χ3v) is 7.69. The Kier molecular flexibility index (Phi) is 5.10. The lowest BCUT2D eigenvalue weighted by Gasteiger charge is -2.15. The van der Waals surface area contributed by atoms with E-state index >= 15 is 0 Å². The van der Waals surface area contributed by atoms with Crippen LogP contribution in [0.2, 0.25) is 0 Å². The predicted molar refractivity (Wildman–Crippen MR) is 164 cm³/mol. The number of hydrogen-bond donors (Lipinski definition) is 0. The van der Waals surface area contributed by atoms with E-state index in [4.69, 9.17) is 0 Å². The minimum Gasteiger partial charge on any atom is -0.315 e. The Morgan fingerprint density at radius 1 is 0.475 bits per heavy atom. The lowest BCUT2D eigenvalue weighted by Crippen LogP contribution is -1.99. The third kappa shape index (κ3) is 3.54. The molecule has 0 aliphatic rings. The van der Waals surface area contributed by atoms with Crippen molar-refractivity contribution >= 4 is 32.7 Å². The summed E-state index contributed by atoms with van der Waals surface area (Å²) in [6.07, 6.45) is 9.66. The number of nitrogens with zero attached hydrogens (tertiary/aromatic N) is 4. The smallest absolute Gasteiger partial charge is 0.0788 e. The molecule has 8 rings (SSSR count). The van der Waals surface area contributed by atoms with Crippen molar-refractivity contribution in [1.82, 2.24) is 19.1 Å². The average Bonchev–Trinajstić information content (AvgIpc) is 3.62. The topological polar surface area (TPSA) is 35.6 Å². The van der Waals surface area contributed by atoms with Gasteiger partial charge in [0.25, 0.3) is 0 Å². The van der Waals surface area contributed by atoms with Gasteiger partial charge in [0.15, 0.2) is 0 Å². The minimum absolute atomic E-state index is 1.08. The monoisotopic (exact) mass is 512 g/mol. The van der Waals surface area contributed by atoms with E-state index in [1.165, 1.54) is 32.7 Å². The molecule has 0 unspecified atom stereocenters. The van der Waals surface area contributed by atoms with E-state index in [9.17, 15) is 0 Å². The zero-order chi connectivity index (χ0) is 26.5. The van der Waals surface area contributed by atoms with Gasteiger partial charge in [0.1, 0.15) is 0 Å². The molecule has 0 saturated heterocycles. The van der Waals surface area contributed by atoms with Crippen LogP contribution in [-0.2, 0) is 0 Å². The van der Waals surface area contributed by atoms with Crippen molar-refractivity contribution in [2.24, 2.45) is 0 Å². The van der Waals surface area contributed by atoms with Crippen LogP contribution < -0.4 is 0 Å². The molecule has 0 aliphatic carbocycles. The lowest BCUT2D eigenvalue weighted by atomic mass is 9.99. The molecule has 0 bridgehead atoms. The Labute approximate surface area is 231 Å². The van der Waals surface area contributed by atoms with Gasteiger partial charge in [0, 0.05) is 69.6 Å². The van der Waals surface area contributed by atoms with Gasteiger partial charge in [-0.15, -0.1) is 0 Å². The van der Waals surface area contributed by atoms with E-state index in [1.54, 1.807) is 0 Å². The van der Waals surface area contributed by atoms with E-state index in [0.29, 0.717) is 0 Å². The average molecular weight is 513 g/mol. The fourth-order valence-corrected chi connectivity index (χ4v) is 5.89. The maximum Gasteiger partial charge on any atom is 0.0788 e. The van der Waals surface area contributed by atoms with Gasteiger partial charge in [-0.1, -0.05) is 60.7 Å². The summed E-state index contributed by atoms with van der Waals surface area (Å²) >= 11 is 0. The summed E-state index contributed by atoms with van der Waals surface area (Å²) in [5.74, 6) is 0. The number of aromatic nitrogens is 4. The normalized spacial score (nSPS) is 11.5. The van der Waals surface area contributed by atoms with Gasteiger partial charge in [-0.05, 0) is 65.7 Å². The first-order valence-corrected chi connectivity index (χ1v) is 13.4. The number of para-hydroxylation sites is 2. The van der Waals surface area contributed by atoms with Crippen LogP contribution in [0.4, 0.5) is 0 Å². The molecule has 40 heavy (non-hydrogen) atoms. The summed E-state index contributed by atoms with van der Waals surface area (Å²) in [6, 6.07) is 41.0. The number of pyridine rings is 2. The molecule has 8 aromatic rings. The first kappa shape index (κ1) is 22.5. The van der Waals surface area contributed by atoms with Crippen molar-refractivity contribution in [3.05, 3.63) is 146 Å². The van der Waals surface area contributed by atoms with Gasteiger partial charge in [0.2, 0.25) is 0 Å². The van der Waals surface area contributed by atoms with Crippen molar-refractivity contribution < 1.29 is 0 Å². The second-order valence-corrected chi connectivity index (χ2v) is 10.0. The molecule has 4 aromatic carbocycles. The fourth-order valence-electron chi connectivity index (χ4n) is 5.89. The zero-order valence-corrected chi connectivity index (χ0v) is 21.6. The van der Waals surface area contributed by atoms with E-state index in [-0.39, 0.29) is 0 Å². The highest BCUT2D eigenvalue weighted by molar-refractivity contribution is 6.18. The molecule has 0 saturated carbocycles. The zero-order valence-electron chi connectivity index (χ0n) is 21.6. The summed E-state index contributed by atoms with van der Waals surface area (Å²) in [6.45, 7) is 0. The Balaban J connectivity index is 1.52. The van der Waals surface area contributed by atoms with Gasteiger partial charge in [-0.2, -0.15) is 0 Å². The van der Waals surface area contributed by atoms with Crippen molar-refractivity contribution in [1.29, 1.82) is 0 Å². The Morgan fingerprint density at radius 2 is 1.18 bits per heavy atom. The maximum atomic E-state index is 4.41. The van der Waals surface area contributed by atoms with E-state index in [0.717, 1.165) is 33.6 Å². The molecule has 4 heteroatoms. The number of hydrogen-bond acceptors (Lipinski definition) is 2. The summed E-state index contributed by atoms with van der Waals surface area (Å²) in [5, 5.41) is 3.67. The van der Waals surface area contributed by atoms with Crippen molar-refractivity contribution in [2.45, 2.75) is 0 Å². The van der Waals surface area contributed by atoms with Crippen molar-refractivity contribution in [3.63, 3.8) is 0 Å². The largest absolute Gasteiger partial charge is 0.315 e. The van der Waals surface area contributed by atoms with E-state index in [1.807, 2.05) is 36.9 Å². The van der Waals surface area contributed by atoms with Crippen LogP contribution in [0, 0.1) is 0 Å². The Morgan fingerprint density at radius 3 is 1.88 bits per heavy atom. The number of benzene rings is 4. The van der Waals surface area contributed by atoms with Crippen LogP contribution in [0.15, 0.2) is 146 Å². The third-order valence-electron chi connectivity index (χ3n) is 7.69. The molecule has 0 N–H and O–H groups in total. The van der Waals surface area contributed by atoms with E-state index in [2.05, 4.69) is 128 Å². The molecule has 0 spiro atoms. The van der Waals surface area contributed by atoms with Crippen LogP contribution in [-0.4, -0.2) is 19.1 Å². The minimum atomic E-state index is 1.08. The molecular weight excluding hydrogens is 488 g/mol. The predicted octanol–water partition coefficient (Wildman–Crippen LogP) is 8.85.